The second kappa shape index (κ2) is 6.35. The summed E-state index contributed by atoms with van der Waals surface area (Å²) in [5, 5.41) is 0. The molecule has 0 atom stereocenters. The molecule has 0 saturated carbocycles. The fraction of sp³-hybridized carbons (Fsp3) is 0.350. The van der Waals surface area contributed by atoms with Crippen molar-refractivity contribution >= 4 is 5.91 Å². The first-order chi connectivity index (χ1) is 10.6. The highest BCUT2D eigenvalue weighted by molar-refractivity contribution is 5.95. The van der Waals surface area contributed by atoms with Gasteiger partial charge in [-0.25, -0.2) is 0 Å². The van der Waals surface area contributed by atoms with Gasteiger partial charge in [-0.2, -0.15) is 0 Å². The smallest absolute Gasteiger partial charge is 0.253 e. The molecule has 1 aliphatic rings. The molecule has 2 aromatic carbocycles. The van der Waals surface area contributed by atoms with Gasteiger partial charge in [0.25, 0.3) is 5.91 Å². The fourth-order valence-corrected chi connectivity index (χ4v) is 3.01. The van der Waals surface area contributed by atoms with E-state index in [4.69, 9.17) is 0 Å². The first-order valence-electron chi connectivity index (χ1n) is 8.15. The predicted octanol–water partition coefficient (Wildman–Crippen LogP) is 4.71. The Morgan fingerprint density at radius 1 is 0.955 bits per heavy atom. The molecule has 1 fully saturated rings. The number of likely N-dealkylation sites (tertiary alicyclic amines) is 1. The standard InChI is InChI=1S/C20H23NO/c1-15(2)16-7-5-8-17(13-16)18-9-6-10-19(14-18)20(22)21-11-3-4-12-21/h5-10,13-15H,3-4,11-12H2,1-2H3. The Kier molecular flexibility index (Phi) is 4.28. The van der Waals surface area contributed by atoms with Gasteiger partial charge in [0.2, 0.25) is 0 Å². The van der Waals surface area contributed by atoms with Crippen LogP contribution in [-0.4, -0.2) is 23.9 Å². The molecule has 2 heteroatoms. The van der Waals surface area contributed by atoms with Crippen molar-refractivity contribution in [1.82, 2.24) is 4.90 Å². The van der Waals surface area contributed by atoms with Gasteiger partial charge in [0.15, 0.2) is 0 Å². The number of rotatable bonds is 3. The van der Waals surface area contributed by atoms with E-state index in [-0.39, 0.29) is 5.91 Å². The third kappa shape index (κ3) is 3.06. The number of benzene rings is 2. The molecule has 0 radical (unpaired) electrons. The number of nitrogens with zero attached hydrogens (tertiary/aromatic N) is 1. The van der Waals surface area contributed by atoms with Crippen molar-refractivity contribution < 1.29 is 4.79 Å². The summed E-state index contributed by atoms with van der Waals surface area (Å²) in [6.07, 6.45) is 2.25. The Balaban J connectivity index is 1.90. The van der Waals surface area contributed by atoms with Gasteiger partial charge in [-0.3, -0.25) is 4.79 Å². The molecular formula is C20H23NO. The molecule has 2 nitrogen and oxygen atoms in total. The summed E-state index contributed by atoms with van der Waals surface area (Å²) in [5.41, 5.74) is 4.43. The maximum absolute atomic E-state index is 12.5. The number of carbonyl (C=O) groups is 1. The van der Waals surface area contributed by atoms with Gasteiger partial charge in [0.1, 0.15) is 0 Å². The molecule has 0 aromatic heterocycles. The topological polar surface area (TPSA) is 20.3 Å². The van der Waals surface area contributed by atoms with Crippen molar-refractivity contribution in [2.24, 2.45) is 0 Å². The lowest BCUT2D eigenvalue weighted by Crippen LogP contribution is -2.27. The minimum Gasteiger partial charge on any atom is -0.339 e. The number of hydrogen-bond donors (Lipinski definition) is 0. The number of amides is 1. The first kappa shape index (κ1) is 14.8. The minimum atomic E-state index is 0.166. The van der Waals surface area contributed by atoms with Crippen molar-refractivity contribution in [3.63, 3.8) is 0 Å². The van der Waals surface area contributed by atoms with Crippen LogP contribution in [0.15, 0.2) is 48.5 Å². The van der Waals surface area contributed by atoms with Crippen LogP contribution >= 0.6 is 0 Å². The van der Waals surface area contributed by atoms with E-state index in [0.29, 0.717) is 5.92 Å². The molecule has 3 rings (SSSR count). The Morgan fingerprint density at radius 3 is 2.27 bits per heavy atom. The van der Waals surface area contributed by atoms with Crippen LogP contribution in [0.1, 0.15) is 48.5 Å². The van der Waals surface area contributed by atoms with Crippen LogP contribution in [0.3, 0.4) is 0 Å². The van der Waals surface area contributed by atoms with Crippen LogP contribution in [-0.2, 0) is 0 Å². The second-order valence-corrected chi connectivity index (χ2v) is 6.36. The summed E-state index contributed by atoms with van der Waals surface area (Å²) < 4.78 is 0. The third-order valence-electron chi connectivity index (χ3n) is 4.39. The lowest BCUT2D eigenvalue weighted by Gasteiger charge is -2.16. The fourth-order valence-electron chi connectivity index (χ4n) is 3.01. The molecule has 1 heterocycles. The van der Waals surface area contributed by atoms with Gasteiger partial charge < -0.3 is 4.90 Å². The van der Waals surface area contributed by atoms with Gasteiger partial charge in [-0.1, -0.05) is 50.2 Å². The van der Waals surface area contributed by atoms with E-state index < -0.39 is 0 Å². The van der Waals surface area contributed by atoms with Gasteiger partial charge >= 0.3 is 0 Å². The highest BCUT2D eigenvalue weighted by atomic mass is 16.2. The zero-order chi connectivity index (χ0) is 15.5. The Bertz CT molecular complexity index is 669. The largest absolute Gasteiger partial charge is 0.339 e. The molecule has 1 saturated heterocycles. The van der Waals surface area contributed by atoms with Gasteiger partial charge in [-0.05, 0) is 47.6 Å². The molecule has 0 bridgehead atoms. The van der Waals surface area contributed by atoms with Crippen molar-refractivity contribution in [2.75, 3.05) is 13.1 Å². The van der Waals surface area contributed by atoms with E-state index >= 15 is 0 Å². The minimum absolute atomic E-state index is 0.166. The summed E-state index contributed by atoms with van der Waals surface area (Å²) in [4.78, 5) is 14.5. The molecule has 0 aliphatic carbocycles. The highest BCUT2D eigenvalue weighted by Crippen LogP contribution is 2.25. The first-order valence-corrected chi connectivity index (χ1v) is 8.15. The van der Waals surface area contributed by atoms with Crippen molar-refractivity contribution in [3.8, 4) is 11.1 Å². The third-order valence-corrected chi connectivity index (χ3v) is 4.39. The van der Waals surface area contributed by atoms with E-state index in [0.717, 1.165) is 37.1 Å². The molecule has 114 valence electrons. The molecule has 22 heavy (non-hydrogen) atoms. The summed E-state index contributed by atoms with van der Waals surface area (Å²) >= 11 is 0. The highest BCUT2D eigenvalue weighted by Gasteiger charge is 2.19. The summed E-state index contributed by atoms with van der Waals surface area (Å²) in [6, 6.07) is 16.6. The molecule has 2 aromatic rings. The van der Waals surface area contributed by atoms with Crippen molar-refractivity contribution in [2.45, 2.75) is 32.6 Å². The maximum atomic E-state index is 12.5. The van der Waals surface area contributed by atoms with Crippen molar-refractivity contribution in [3.05, 3.63) is 59.7 Å². The van der Waals surface area contributed by atoms with Crippen LogP contribution < -0.4 is 0 Å². The second-order valence-electron chi connectivity index (χ2n) is 6.36. The van der Waals surface area contributed by atoms with Crippen LogP contribution in [0.4, 0.5) is 0 Å². The predicted molar refractivity (Wildman–Crippen MR) is 91.1 cm³/mol. The molecular weight excluding hydrogens is 270 g/mol. The molecule has 0 spiro atoms. The Hall–Kier alpha value is -2.09. The summed E-state index contributed by atoms with van der Waals surface area (Å²) in [5.74, 6) is 0.675. The monoisotopic (exact) mass is 293 g/mol. The molecule has 0 N–H and O–H groups in total. The van der Waals surface area contributed by atoms with E-state index in [1.54, 1.807) is 0 Å². The van der Waals surface area contributed by atoms with E-state index in [9.17, 15) is 4.79 Å². The molecule has 1 amide bonds. The molecule has 1 aliphatic heterocycles. The Labute approximate surface area is 132 Å². The lowest BCUT2D eigenvalue weighted by atomic mass is 9.96. The lowest BCUT2D eigenvalue weighted by molar-refractivity contribution is 0.0793. The van der Waals surface area contributed by atoms with Gasteiger partial charge in [0, 0.05) is 18.7 Å². The van der Waals surface area contributed by atoms with Crippen LogP contribution in [0.5, 0.6) is 0 Å². The van der Waals surface area contributed by atoms with Gasteiger partial charge in [0.05, 0.1) is 0 Å². The van der Waals surface area contributed by atoms with Gasteiger partial charge in [-0.15, -0.1) is 0 Å². The average molecular weight is 293 g/mol. The summed E-state index contributed by atoms with van der Waals surface area (Å²) in [6.45, 7) is 6.19. The van der Waals surface area contributed by atoms with E-state index in [2.05, 4.69) is 44.2 Å². The Morgan fingerprint density at radius 2 is 1.59 bits per heavy atom. The quantitative estimate of drug-likeness (QED) is 0.802. The SMILES string of the molecule is CC(C)c1cccc(-c2cccc(C(=O)N3CCCC3)c2)c1. The summed E-state index contributed by atoms with van der Waals surface area (Å²) in [7, 11) is 0. The van der Waals surface area contributed by atoms with E-state index in [1.807, 2.05) is 23.1 Å². The zero-order valence-corrected chi connectivity index (χ0v) is 13.4. The normalized spacial score (nSPS) is 14.6. The number of carbonyl (C=O) groups excluding carboxylic acids is 1. The number of hydrogen-bond acceptors (Lipinski definition) is 1. The zero-order valence-electron chi connectivity index (χ0n) is 13.4. The van der Waals surface area contributed by atoms with Crippen LogP contribution in [0, 0.1) is 0 Å². The van der Waals surface area contributed by atoms with E-state index in [1.165, 1.54) is 11.1 Å². The van der Waals surface area contributed by atoms with Crippen LogP contribution in [0.25, 0.3) is 11.1 Å². The van der Waals surface area contributed by atoms with Crippen LogP contribution in [0.2, 0.25) is 0 Å². The van der Waals surface area contributed by atoms with Crippen molar-refractivity contribution in [1.29, 1.82) is 0 Å². The maximum Gasteiger partial charge on any atom is 0.253 e. The molecule has 0 unspecified atom stereocenters. The average Bonchev–Trinajstić information content (AvgIpc) is 3.09.